The molecule has 2 aromatic carbocycles. The maximum absolute atomic E-state index is 12.8. The third kappa shape index (κ3) is 3.78. The smallest absolute Gasteiger partial charge is 0.268 e. The second kappa shape index (κ2) is 8.05. The lowest BCUT2D eigenvalue weighted by atomic mass is 10.1. The first-order valence-electron chi connectivity index (χ1n) is 9.26. The third-order valence-corrected chi connectivity index (χ3v) is 4.75. The van der Waals surface area contributed by atoms with Gasteiger partial charge in [-0.05, 0) is 41.8 Å². The van der Waals surface area contributed by atoms with Gasteiger partial charge in [0, 0.05) is 11.9 Å². The molecule has 142 valence electrons. The average molecular weight is 374 g/mol. The van der Waals surface area contributed by atoms with Gasteiger partial charge in [-0.25, -0.2) is 0 Å². The van der Waals surface area contributed by atoms with Gasteiger partial charge in [-0.2, -0.15) is 0 Å². The van der Waals surface area contributed by atoms with E-state index >= 15 is 0 Å². The molecule has 0 bridgehead atoms. The first kappa shape index (κ1) is 17.9. The number of hydrogen-bond acceptors (Lipinski definition) is 3. The number of fused-ring (bicyclic) bond motifs is 1. The third-order valence-electron chi connectivity index (χ3n) is 4.75. The zero-order chi connectivity index (χ0) is 19.3. The number of methoxy groups -OCH3 is 1. The van der Waals surface area contributed by atoms with Crippen LogP contribution in [0.25, 0.3) is 11.1 Å². The Labute approximate surface area is 163 Å². The molecule has 28 heavy (non-hydrogen) atoms. The van der Waals surface area contributed by atoms with Gasteiger partial charge in [0.2, 0.25) is 5.71 Å². The number of amides is 1. The Balaban J connectivity index is 1.54. The minimum atomic E-state index is -0.106. The van der Waals surface area contributed by atoms with Gasteiger partial charge in [0.15, 0.2) is 0 Å². The van der Waals surface area contributed by atoms with Crippen LogP contribution in [0, 0.1) is 0 Å². The van der Waals surface area contributed by atoms with E-state index in [0.717, 1.165) is 23.1 Å². The van der Waals surface area contributed by atoms with Crippen molar-refractivity contribution in [1.29, 1.82) is 0 Å². The SMILES string of the molecule is COc1cccc(Cn2c(C(=O)NCCc3ccccc3)cc3ccoc32)c1. The molecule has 0 aliphatic heterocycles. The zero-order valence-electron chi connectivity index (χ0n) is 15.7. The van der Waals surface area contributed by atoms with Crippen molar-refractivity contribution in [2.24, 2.45) is 0 Å². The van der Waals surface area contributed by atoms with E-state index < -0.39 is 0 Å². The fourth-order valence-corrected chi connectivity index (χ4v) is 3.33. The molecule has 0 aliphatic carbocycles. The quantitative estimate of drug-likeness (QED) is 0.526. The number of aromatic nitrogens is 1. The molecule has 0 unspecified atom stereocenters. The highest BCUT2D eigenvalue weighted by atomic mass is 16.5. The highest BCUT2D eigenvalue weighted by Gasteiger charge is 2.18. The molecule has 0 fully saturated rings. The van der Waals surface area contributed by atoms with Gasteiger partial charge in [-0.3, -0.25) is 4.79 Å². The highest BCUT2D eigenvalue weighted by molar-refractivity contribution is 5.97. The van der Waals surface area contributed by atoms with Gasteiger partial charge in [0.05, 0.1) is 19.9 Å². The number of rotatable bonds is 7. The zero-order valence-corrected chi connectivity index (χ0v) is 15.7. The minimum Gasteiger partial charge on any atom is -0.497 e. The van der Waals surface area contributed by atoms with Crippen molar-refractivity contribution in [2.45, 2.75) is 13.0 Å². The maximum Gasteiger partial charge on any atom is 0.268 e. The number of hydrogen-bond donors (Lipinski definition) is 1. The molecule has 0 aliphatic rings. The predicted molar refractivity (Wildman–Crippen MR) is 109 cm³/mol. The van der Waals surface area contributed by atoms with Crippen LogP contribution in [0.1, 0.15) is 21.6 Å². The average Bonchev–Trinajstić information content (AvgIpc) is 3.32. The van der Waals surface area contributed by atoms with E-state index in [1.165, 1.54) is 5.56 Å². The standard InChI is InChI=1S/C23H22N2O3/c1-27-20-9-5-8-18(14-20)16-25-21(15-19-11-13-28-23(19)25)22(26)24-12-10-17-6-3-2-4-7-17/h2-9,11,13-15H,10,12,16H2,1H3,(H,24,26). The summed E-state index contributed by atoms with van der Waals surface area (Å²) in [5, 5.41) is 3.93. The second-order valence-electron chi connectivity index (χ2n) is 6.64. The first-order chi connectivity index (χ1) is 13.7. The molecule has 2 aromatic heterocycles. The van der Waals surface area contributed by atoms with Crippen LogP contribution in [0.2, 0.25) is 0 Å². The van der Waals surface area contributed by atoms with Gasteiger partial charge in [-0.15, -0.1) is 0 Å². The van der Waals surface area contributed by atoms with Crippen molar-refractivity contribution in [3.8, 4) is 5.75 Å². The van der Waals surface area contributed by atoms with E-state index in [2.05, 4.69) is 17.4 Å². The van der Waals surface area contributed by atoms with Crippen molar-refractivity contribution in [2.75, 3.05) is 13.7 Å². The van der Waals surface area contributed by atoms with Crippen molar-refractivity contribution in [3.05, 3.63) is 89.8 Å². The lowest BCUT2D eigenvalue weighted by molar-refractivity contribution is 0.0945. The number of nitrogens with one attached hydrogen (secondary N) is 1. The molecule has 1 amide bonds. The second-order valence-corrected chi connectivity index (χ2v) is 6.64. The summed E-state index contributed by atoms with van der Waals surface area (Å²) in [5.41, 5.74) is 3.51. The summed E-state index contributed by atoms with van der Waals surface area (Å²) in [4.78, 5) is 12.8. The molecule has 4 rings (SSSR count). The number of benzene rings is 2. The van der Waals surface area contributed by atoms with Crippen LogP contribution < -0.4 is 10.1 Å². The van der Waals surface area contributed by atoms with Crippen LogP contribution in [0.4, 0.5) is 0 Å². The van der Waals surface area contributed by atoms with E-state index in [-0.39, 0.29) is 5.91 Å². The summed E-state index contributed by atoms with van der Waals surface area (Å²) < 4.78 is 12.8. The van der Waals surface area contributed by atoms with Crippen LogP contribution in [0.3, 0.4) is 0 Å². The predicted octanol–water partition coefficient (Wildman–Crippen LogP) is 4.26. The molecule has 5 nitrogen and oxygen atoms in total. The Hall–Kier alpha value is -3.47. The van der Waals surface area contributed by atoms with Gasteiger partial charge in [0.1, 0.15) is 11.4 Å². The van der Waals surface area contributed by atoms with E-state index in [0.29, 0.717) is 24.5 Å². The van der Waals surface area contributed by atoms with Crippen LogP contribution in [-0.2, 0) is 13.0 Å². The number of furan rings is 1. The number of nitrogens with zero attached hydrogens (tertiary/aromatic N) is 1. The van der Waals surface area contributed by atoms with Gasteiger partial charge < -0.3 is 19.0 Å². The number of carbonyl (C=O) groups is 1. The van der Waals surface area contributed by atoms with E-state index in [4.69, 9.17) is 9.15 Å². The summed E-state index contributed by atoms with van der Waals surface area (Å²) >= 11 is 0. The Morgan fingerprint density at radius 2 is 1.86 bits per heavy atom. The lowest BCUT2D eigenvalue weighted by Crippen LogP contribution is -2.28. The van der Waals surface area contributed by atoms with E-state index in [9.17, 15) is 4.79 Å². The molecule has 2 heterocycles. The fourth-order valence-electron chi connectivity index (χ4n) is 3.33. The van der Waals surface area contributed by atoms with Crippen molar-refractivity contribution in [3.63, 3.8) is 0 Å². The molecule has 0 atom stereocenters. The van der Waals surface area contributed by atoms with Crippen LogP contribution in [0.15, 0.2) is 77.4 Å². The first-order valence-corrected chi connectivity index (χ1v) is 9.26. The topological polar surface area (TPSA) is 56.4 Å². The molecule has 5 heteroatoms. The van der Waals surface area contributed by atoms with E-state index in [1.54, 1.807) is 13.4 Å². The molecular formula is C23H22N2O3. The summed E-state index contributed by atoms with van der Waals surface area (Å²) in [5.74, 6) is 0.680. The minimum absolute atomic E-state index is 0.106. The fraction of sp³-hybridized carbons (Fsp3) is 0.174. The number of carbonyl (C=O) groups excluding carboxylic acids is 1. The summed E-state index contributed by atoms with van der Waals surface area (Å²) in [7, 11) is 1.64. The largest absolute Gasteiger partial charge is 0.497 e. The molecule has 0 saturated heterocycles. The molecule has 0 spiro atoms. The Bertz CT molecular complexity index is 1080. The van der Waals surface area contributed by atoms with Gasteiger partial charge in [-0.1, -0.05) is 42.5 Å². The summed E-state index contributed by atoms with van der Waals surface area (Å²) in [6.45, 7) is 1.10. The highest BCUT2D eigenvalue weighted by Crippen LogP contribution is 2.23. The van der Waals surface area contributed by atoms with Gasteiger partial charge >= 0.3 is 0 Å². The Morgan fingerprint density at radius 1 is 1.04 bits per heavy atom. The molecule has 0 radical (unpaired) electrons. The molecular weight excluding hydrogens is 352 g/mol. The van der Waals surface area contributed by atoms with Crippen LogP contribution in [0.5, 0.6) is 5.75 Å². The monoisotopic (exact) mass is 374 g/mol. The number of ether oxygens (including phenoxy) is 1. The molecule has 4 aromatic rings. The maximum atomic E-state index is 12.8. The van der Waals surface area contributed by atoms with Gasteiger partial charge in [0.25, 0.3) is 5.91 Å². The van der Waals surface area contributed by atoms with Crippen LogP contribution in [-0.4, -0.2) is 24.1 Å². The van der Waals surface area contributed by atoms with E-state index in [1.807, 2.05) is 59.2 Å². The van der Waals surface area contributed by atoms with Crippen molar-refractivity contribution >= 4 is 17.0 Å². The Morgan fingerprint density at radius 3 is 2.68 bits per heavy atom. The van der Waals surface area contributed by atoms with Crippen LogP contribution >= 0.6 is 0 Å². The summed E-state index contributed by atoms with van der Waals surface area (Å²) in [6, 6.07) is 21.7. The van der Waals surface area contributed by atoms with Crippen molar-refractivity contribution in [1.82, 2.24) is 9.88 Å². The summed E-state index contributed by atoms with van der Waals surface area (Å²) in [6.07, 6.45) is 2.43. The Kier molecular flexibility index (Phi) is 5.15. The molecule has 1 N–H and O–H groups in total. The molecule has 0 saturated carbocycles. The lowest BCUT2D eigenvalue weighted by Gasteiger charge is -2.11. The normalized spacial score (nSPS) is 10.9. The van der Waals surface area contributed by atoms with Crippen molar-refractivity contribution < 1.29 is 13.9 Å².